The summed E-state index contributed by atoms with van der Waals surface area (Å²) in [6, 6.07) is 11.8. The van der Waals surface area contributed by atoms with Crippen molar-refractivity contribution in [2.24, 2.45) is 5.73 Å². The summed E-state index contributed by atoms with van der Waals surface area (Å²) in [6.45, 7) is 2.48. The first-order chi connectivity index (χ1) is 11.0. The number of carbonyl (C=O) groups is 1. The normalized spacial score (nSPS) is 10.7. The van der Waals surface area contributed by atoms with Crippen LogP contribution in [0.15, 0.2) is 46.9 Å². The van der Waals surface area contributed by atoms with Crippen molar-refractivity contribution >= 4 is 27.9 Å². The zero-order valence-electron chi connectivity index (χ0n) is 13.0. The average Bonchev–Trinajstić information content (AvgIpc) is 2.51. The van der Waals surface area contributed by atoms with Gasteiger partial charge in [0.2, 0.25) is 5.91 Å². The number of benzene rings is 2. The monoisotopic (exact) mass is 375 g/mol. The number of primary amides is 1. The summed E-state index contributed by atoms with van der Waals surface area (Å²) in [6.07, 6.45) is 2.93. The van der Waals surface area contributed by atoms with Gasteiger partial charge in [0.05, 0.1) is 11.6 Å². The third kappa shape index (κ3) is 4.86. The van der Waals surface area contributed by atoms with Crippen molar-refractivity contribution in [3.8, 4) is 11.5 Å². The molecular weight excluding hydrogens is 358 g/mol. The van der Waals surface area contributed by atoms with E-state index in [2.05, 4.69) is 22.0 Å². The molecule has 0 unspecified atom stereocenters. The highest BCUT2D eigenvalue weighted by Crippen LogP contribution is 2.37. The fraction of sp³-hybridized carbons (Fsp3) is 0.167. The fourth-order valence-corrected chi connectivity index (χ4v) is 2.69. The SMILES string of the molecule is COc1cc(C=CC(N)=O)cc(Br)c1OCc1cccc(C)c1. The van der Waals surface area contributed by atoms with Crippen molar-refractivity contribution < 1.29 is 14.3 Å². The lowest BCUT2D eigenvalue weighted by Gasteiger charge is -2.14. The molecule has 5 heteroatoms. The van der Waals surface area contributed by atoms with Crippen LogP contribution in [0.2, 0.25) is 0 Å². The molecule has 2 N–H and O–H groups in total. The maximum Gasteiger partial charge on any atom is 0.241 e. The van der Waals surface area contributed by atoms with Gasteiger partial charge in [-0.15, -0.1) is 0 Å². The summed E-state index contributed by atoms with van der Waals surface area (Å²) in [5, 5.41) is 0. The van der Waals surface area contributed by atoms with Crippen LogP contribution in [0, 0.1) is 6.92 Å². The summed E-state index contributed by atoms with van der Waals surface area (Å²) in [7, 11) is 1.57. The van der Waals surface area contributed by atoms with E-state index in [1.807, 2.05) is 31.2 Å². The summed E-state index contributed by atoms with van der Waals surface area (Å²) < 4.78 is 12.0. The topological polar surface area (TPSA) is 61.5 Å². The van der Waals surface area contributed by atoms with E-state index in [-0.39, 0.29) is 0 Å². The van der Waals surface area contributed by atoms with Crippen LogP contribution in [-0.2, 0) is 11.4 Å². The van der Waals surface area contributed by atoms with E-state index in [1.165, 1.54) is 11.6 Å². The van der Waals surface area contributed by atoms with Gasteiger partial charge in [0.15, 0.2) is 11.5 Å². The minimum Gasteiger partial charge on any atom is -0.493 e. The second-order valence-corrected chi connectivity index (χ2v) is 5.90. The van der Waals surface area contributed by atoms with Gasteiger partial charge < -0.3 is 15.2 Å². The lowest BCUT2D eigenvalue weighted by atomic mass is 10.1. The van der Waals surface area contributed by atoms with Crippen LogP contribution in [0.25, 0.3) is 6.08 Å². The van der Waals surface area contributed by atoms with Gasteiger partial charge in [-0.05, 0) is 52.2 Å². The Kier molecular flexibility index (Phi) is 5.82. The molecule has 0 atom stereocenters. The van der Waals surface area contributed by atoms with Gasteiger partial charge in [0.1, 0.15) is 6.61 Å². The number of hydrogen-bond acceptors (Lipinski definition) is 3. The highest BCUT2D eigenvalue weighted by atomic mass is 79.9. The van der Waals surface area contributed by atoms with E-state index < -0.39 is 5.91 Å². The Morgan fingerprint density at radius 3 is 2.74 bits per heavy atom. The number of carbonyl (C=O) groups excluding carboxylic acids is 1. The van der Waals surface area contributed by atoms with Crippen LogP contribution in [0.5, 0.6) is 11.5 Å². The van der Waals surface area contributed by atoms with Gasteiger partial charge in [-0.2, -0.15) is 0 Å². The predicted octanol–water partition coefficient (Wildman–Crippen LogP) is 3.84. The molecule has 0 bridgehead atoms. The number of ether oxygens (including phenoxy) is 2. The summed E-state index contributed by atoms with van der Waals surface area (Å²) >= 11 is 3.48. The summed E-state index contributed by atoms with van der Waals surface area (Å²) in [5.41, 5.74) is 8.16. The van der Waals surface area contributed by atoms with Crippen molar-refractivity contribution in [1.29, 1.82) is 0 Å². The van der Waals surface area contributed by atoms with Crippen LogP contribution >= 0.6 is 15.9 Å². The molecule has 4 nitrogen and oxygen atoms in total. The van der Waals surface area contributed by atoms with E-state index in [9.17, 15) is 4.79 Å². The van der Waals surface area contributed by atoms with Crippen molar-refractivity contribution in [2.45, 2.75) is 13.5 Å². The first kappa shape index (κ1) is 17.1. The third-order valence-electron chi connectivity index (χ3n) is 3.16. The molecule has 0 radical (unpaired) electrons. The molecule has 0 saturated heterocycles. The molecule has 120 valence electrons. The molecule has 23 heavy (non-hydrogen) atoms. The van der Waals surface area contributed by atoms with E-state index in [0.717, 1.165) is 15.6 Å². The minimum absolute atomic E-state index is 0.438. The number of rotatable bonds is 6. The largest absolute Gasteiger partial charge is 0.493 e. The lowest BCUT2D eigenvalue weighted by molar-refractivity contribution is -0.113. The fourth-order valence-electron chi connectivity index (χ4n) is 2.11. The average molecular weight is 376 g/mol. The smallest absolute Gasteiger partial charge is 0.241 e. The van der Waals surface area contributed by atoms with Crippen LogP contribution < -0.4 is 15.2 Å². The second kappa shape index (κ2) is 7.83. The van der Waals surface area contributed by atoms with Crippen LogP contribution in [-0.4, -0.2) is 13.0 Å². The molecule has 0 aliphatic heterocycles. The Balaban J connectivity index is 2.22. The van der Waals surface area contributed by atoms with Crippen molar-refractivity contribution in [3.05, 3.63) is 63.6 Å². The predicted molar refractivity (Wildman–Crippen MR) is 94.4 cm³/mol. The van der Waals surface area contributed by atoms with Crippen molar-refractivity contribution in [1.82, 2.24) is 0 Å². The molecule has 2 aromatic rings. The molecule has 0 aliphatic carbocycles. The Labute approximate surface area is 144 Å². The lowest BCUT2D eigenvalue weighted by Crippen LogP contribution is -2.05. The number of hydrogen-bond donors (Lipinski definition) is 1. The Bertz CT molecular complexity index is 741. The van der Waals surface area contributed by atoms with Crippen LogP contribution in [0.1, 0.15) is 16.7 Å². The van der Waals surface area contributed by atoms with Crippen molar-refractivity contribution in [2.75, 3.05) is 7.11 Å². The van der Waals surface area contributed by atoms with Crippen LogP contribution in [0.4, 0.5) is 0 Å². The number of methoxy groups -OCH3 is 1. The standard InChI is InChI=1S/C18H18BrNO3/c1-12-4-3-5-14(8-12)11-23-18-15(19)9-13(6-7-17(20)21)10-16(18)22-2/h3-10H,11H2,1-2H3,(H2,20,21). The molecule has 0 aliphatic rings. The number of nitrogens with two attached hydrogens (primary N) is 1. The molecule has 2 aromatic carbocycles. The molecule has 1 amide bonds. The van der Waals surface area contributed by atoms with Crippen molar-refractivity contribution in [3.63, 3.8) is 0 Å². The van der Waals surface area contributed by atoms with Gasteiger partial charge >= 0.3 is 0 Å². The molecule has 0 fully saturated rings. The molecule has 0 saturated carbocycles. The zero-order chi connectivity index (χ0) is 16.8. The maximum absolute atomic E-state index is 10.8. The van der Waals surface area contributed by atoms with Gasteiger partial charge in [-0.1, -0.05) is 29.8 Å². The van der Waals surface area contributed by atoms with Gasteiger partial charge in [0, 0.05) is 6.08 Å². The second-order valence-electron chi connectivity index (χ2n) is 5.05. The summed E-state index contributed by atoms with van der Waals surface area (Å²) in [4.78, 5) is 10.8. The Morgan fingerprint density at radius 1 is 1.30 bits per heavy atom. The van der Waals surface area contributed by atoms with Gasteiger partial charge in [-0.25, -0.2) is 0 Å². The molecule has 0 aromatic heterocycles. The number of amides is 1. The van der Waals surface area contributed by atoms with Gasteiger partial charge in [0.25, 0.3) is 0 Å². The first-order valence-electron chi connectivity index (χ1n) is 7.03. The first-order valence-corrected chi connectivity index (χ1v) is 7.82. The summed E-state index contributed by atoms with van der Waals surface area (Å²) in [5.74, 6) is 0.696. The molecule has 2 rings (SSSR count). The van der Waals surface area contributed by atoms with E-state index in [1.54, 1.807) is 19.3 Å². The number of aryl methyl sites for hydroxylation is 1. The molecular formula is C18H18BrNO3. The zero-order valence-corrected chi connectivity index (χ0v) is 14.6. The van der Waals surface area contributed by atoms with E-state index in [0.29, 0.717) is 18.1 Å². The quantitative estimate of drug-likeness (QED) is 0.780. The van der Waals surface area contributed by atoms with E-state index >= 15 is 0 Å². The third-order valence-corrected chi connectivity index (χ3v) is 3.75. The minimum atomic E-state index is -0.500. The number of halogens is 1. The highest BCUT2D eigenvalue weighted by molar-refractivity contribution is 9.10. The van der Waals surface area contributed by atoms with E-state index in [4.69, 9.17) is 15.2 Å². The Hall–Kier alpha value is -2.27. The van der Waals surface area contributed by atoms with Gasteiger partial charge in [-0.3, -0.25) is 4.79 Å². The maximum atomic E-state index is 10.8. The molecule has 0 heterocycles. The van der Waals surface area contributed by atoms with Crippen LogP contribution in [0.3, 0.4) is 0 Å². The Morgan fingerprint density at radius 2 is 2.09 bits per heavy atom. The molecule has 0 spiro atoms. The highest BCUT2D eigenvalue weighted by Gasteiger charge is 2.11.